The molecule has 2 aromatic carbocycles. The summed E-state index contributed by atoms with van der Waals surface area (Å²) in [6.45, 7) is 3.43. The van der Waals surface area contributed by atoms with E-state index in [4.69, 9.17) is 4.74 Å². The van der Waals surface area contributed by atoms with E-state index in [1.54, 1.807) is 27.0 Å². The van der Waals surface area contributed by atoms with Gasteiger partial charge in [-0.1, -0.05) is 24.3 Å². The molecule has 0 bridgehead atoms. The van der Waals surface area contributed by atoms with Gasteiger partial charge in [-0.3, -0.25) is 14.6 Å². The fourth-order valence-electron chi connectivity index (χ4n) is 3.77. The van der Waals surface area contributed by atoms with Crippen LogP contribution in [0.5, 0.6) is 5.75 Å². The first-order valence-electron chi connectivity index (χ1n) is 9.19. The molecule has 146 valence electrons. The number of carboxylic acids is 1. The van der Waals surface area contributed by atoms with Crippen molar-refractivity contribution in [3.8, 4) is 16.9 Å². The van der Waals surface area contributed by atoms with Crippen molar-refractivity contribution in [1.82, 2.24) is 0 Å². The summed E-state index contributed by atoms with van der Waals surface area (Å²) < 4.78 is 5.28. The topological polar surface area (TPSA) is 88.0 Å². The van der Waals surface area contributed by atoms with Gasteiger partial charge in [0, 0.05) is 17.0 Å². The number of aliphatic imine (C=N–C) groups is 1. The first-order chi connectivity index (χ1) is 13.9. The summed E-state index contributed by atoms with van der Waals surface area (Å²) in [5.74, 6) is -1.13. The number of allylic oxidation sites excluding steroid dienone is 1. The number of carbonyl (C=O) groups is 2. The second-order valence-electron chi connectivity index (χ2n) is 7.10. The lowest BCUT2D eigenvalue weighted by Gasteiger charge is -2.07. The average Bonchev–Trinajstić information content (AvgIpc) is 3.16. The highest BCUT2D eigenvalue weighted by molar-refractivity contribution is 6.32. The number of hydrogen-bond donors (Lipinski definition) is 2. The monoisotopic (exact) mass is 388 g/mol. The van der Waals surface area contributed by atoms with Crippen LogP contribution in [0.3, 0.4) is 0 Å². The Labute approximate surface area is 168 Å². The van der Waals surface area contributed by atoms with Crippen molar-refractivity contribution < 1.29 is 19.4 Å². The Morgan fingerprint density at radius 2 is 1.93 bits per heavy atom. The second kappa shape index (κ2) is 7.05. The predicted molar refractivity (Wildman–Crippen MR) is 112 cm³/mol. The van der Waals surface area contributed by atoms with E-state index in [1.165, 1.54) is 0 Å². The molecule has 2 aromatic rings. The number of hydrogen-bond acceptors (Lipinski definition) is 4. The maximum Gasteiger partial charge on any atom is 0.316 e. The van der Waals surface area contributed by atoms with Crippen LogP contribution in [-0.4, -0.2) is 29.8 Å². The lowest BCUT2D eigenvalue weighted by atomic mass is 9.96. The van der Waals surface area contributed by atoms with Crippen LogP contribution in [0.4, 0.5) is 5.69 Å². The number of fused-ring (bicyclic) bond motifs is 1. The number of benzene rings is 2. The molecular weight excluding hydrogens is 368 g/mol. The third-order valence-corrected chi connectivity index (χ3v) is 5.29. The molecule has 0 radical (unpaired) electrons. The number of aliphatic carboxylic acids is 1. The zero-order valence-corrected chi connectivity index (χ0v) is 16.3. The van der Waals surface area contributed by atoms with Crippen LogP contribution >= 0.6 is 0 Å². The molecule has 29 heavy (non-hydrogen) atoms. The molecule has 6 heteroatoms. The van der Waals surface area contributed by atoms with E-state index in [0.29, 0.717) is 28.2 Å². The number of ether oxygens (including phenoxy) is 1. The Kier molecular flexibility index (Phi) is 4.54. The SMILES string of the molecule is COc1cccc(-c2ccc3c(c2)NC(=O)C3=CC2=C(C)C(C(=O)O)C(C)=N2)c1. The zero-order valence-electron chi connectivity index (χ0n) is 16.3. The highest BCUT2D eigenvalue weighted by Gasteiger charge is 2.31. The molecule has 2 N–H and O–H groups in total. The summed E-state index contributed by atoms with van der Waals surface area (Å²) in [4.78, 5) is 28.4. The molecule has 0 fully saturated rings. The van der Waals surface area contributed by atoms with Crippen LogP contribution in [0.15, 0.2) is 64.8 Å². The van der Waals surface area contributed by atoms with Crippen LogP contribution in [-0.2, 0) is 9.59 Å². The Balaban J connectivity index is 1.73. The standard InChI is InChI=1S/C23H20N2O4/c1-12-19(24-13(2)21(12)23(27)28)11-18-17-8-7-15(10-20(17)25-22(18)26)14-5-4-6-16(9-14)29-3/h4-11,21H,1-3H3,(H,25,26)(H,27,28). The zero-order chi connectivity index (χ0) is 20.7. The lowest BCUT2D eigenvalue weighted by Crippen LogP contribution is -2.19. The molecule has 6 nitrogen and oxygen atoms in total. The van der Waals surface area contributed by atoms with Crippen molar-refractivity contribution in [1.29, 1.82) is 0 Å². The molecule has 1 unspecified atom stereocenters. The van der Waals surface area contributed by atoms with Gasteiger partial charge in [0.05, 0.1) is 18.4 Å². The molecule has 0 saturated heterocycles. The van der Waals surface area contributed by atoms with Crippen molar-refractivity contribution in [2.75, 3.05) is 12.4 Å². The number of carboxylic acid groups (broad SMARTS) is 1. The minimum Gasteiger partial charge on any atom is -0.497 e. The number of methoxy groups -OCH3 is 1. The number of anilines is 1. The van der Waals surface area contributed by atoms with Gasteiger partial charge in [0.1, 0.15) is 11.7 Å². The molecule has 1 amide bonds. The molecule has 2 aliphatic heterocycles. The molecule has 1 atom stereocenters. The quantitative estimate of drug-likeness (QED) is 0.771. The van der Waals surface area contributed by atoms with Crippen molar-refractivity contribution in [2.24, 2.45) is 10.9 Å². The highest BCUT2D eigenvalue weighted by Crippen LogP contribution is 2.38. The van der Waals surface area contributed by atoms with Gasteiger partial charge in [-0.05, 0) is 54.8 Å². The normalized spacial score (nSPS) is 19.3. The van der Waals surface area contributed by atoms with Gasteiger partial charge in [0.15, 0.2) is 0 Å². The summed E-state index contributed by atoms with van der Waals surface area (Å²) in [6, 6.07) is 13.5. The maximum absolute atomic E-state index is 12.6. The third-order valence-electron chi connectivity index (χ3n) is 5.29. The molecule has 4 rings (SSSR count). The van der Waals surface area contributed by atoms with Gasteiger partial charge in [-0.15, -0.1) is 0 Å². The molecular formula is C23H20N2O4. The summed E-state index contributed by atoms with van der Waals surface area (Å²) in [6.07, 6.45) is 1.67. The molecule has 0 spiro atoms. The van der Waals surface area contributed by atoms with Crippen molar-refractivity contribution >= 4 is 28.8 Å². The molecule has 2 aliphatic rings. The Morgan fingerprint density at radius 1 is 1.17 bits per heavy atom. The average molecular weight is 388 g/mol. The van der Waals surface area contributed by atoms with Crippen LogP contribution in [0.1, 0.15) is 19.4 Å². The van der Waals surface area contributed by atoms with Crippen LogP contribution in [0.2, 0.25) is 0 Å². The Morgan fingerprint density at radius 3 is 2.62 bits per heavy atom. The third kappa shape index (κ3) is 3.23. The van der Waals surface area contributed by atoms with E-state index in [-0.39, 0.29) is 5.91 Å². The molecule has 0 saturated carbocycles. The minimum atomic E-state index is -0.934. The van der Waals surface area contributed by atoms with Crippen molar-refractivity contribution in [2.45, 2.75) is 13.8 Å². The molecule has 0 aliphatic carbocycles. The van der Waals surface area contributed by atoms with E-state index in [1.807, 2.05) is 42.5 Å². The summed E-state index contributed by atoms with van der Waals surface area (Å²) in [5, 5.41) is 12.3. The van der Waals surface area contributed by atoms with E-state index in [9.17, 15) is 14.7 Å². The predicted octanol–water partition coefficient (Wildman–Crippen LogP) is 4.15. The van der Waals surface area contributed by atoms with Crippen LogP contribution in [0.25, 0.3) is 16.7 Å². The molecule has 2 heterocycles. The van der Waals surface area contributed by atoms with E-state index < -0.39 is 11.9 Å². The van der Waals surface area contributed by atoms with Gasteiger partial charge in [-0.25, -0.2) is 0 Å². The highest BCUT2D eigenvalue weighted by atomic mass is 16.5. The number of carbonyl (C=O) groups excluding carboxylic acids is 1. The Hall–Kier alpha value is -3.67. The largest absolute Gasteiger partial charge is 0.497 e. The van der Waals surface area contributed by atoms with Gasteiger partial charge in [0.25, 0.3) is 5.91 Å². The van der Waals surface area contributed by atoms with Gasteiger partial charge >= 0.3 is 5.97 Å². The minimum absolute atomic E-state index is 0.227. The van der Waals surface area contributed by atoms with Gasteiger partial charge in [-0.2, -0.15) is 0 Å². The Bertz CT molecular complexity index is 1140. The van der Waals surface area contributed by atoms with E-state index in [2.05, 4.69) is 10.3 Å². The van der Waals surface area contributed by atoms with Crippen molar-refractivity contribution in [3.05, 3.63) is 65.4 Å². The van der Waals surface area contributed by atoms with Crippen LogP contribution in [0, 0.1) is 5.92 Å². The van der Waals surface area contributed by atoms with E-state index >= 15 is 0 Å². The summed E-state index contributed by atoms with van der Waals surface area (Å²) >= 11 is 0. The smallest absolute Gasteiger partial charge is 0.316 e. The fourth-order valence-corrected chi connectivity index (χ4v) is 3.77. The number of rotatable bonds is 4. The number of nitrogens with zero attached hydrogens (tertiary/aromatic N) is 1. The van der Waals surface area contributed by atoms with Crippen LogP contribution < -0.4 is 10.1 Å². The maximum atomic E-state index is 12.6. The molecule has 0 aromatic heterocycles. The second-order valence-corrected chi connectivity index (χ2v) is 7.10. The van der Waals surface area contributed by atoms with Crippen molar-refractivity contribution in [3.63, 3.8) is 0 Å². The summed E-state index contributed by atoms with van der Waals surface area (Å²) in [7, 11) is 1.62. The summed E-state index contributed by atoms with van der Waals surface area (Å²) in [5.41, 5.74) is 5.60. The van der Waals surface area contributed by atoms with Gasteiger partial charge < -0.3 is 15.2 Å². The van der Waals surface area contributed by atoms with Gasteiger partial charge in [0.2, 0.25) is 0 Å². The first-order valence-corrected chi connectivity index (χ1v) is 9.19. The lowest BCUT2D eigenvalue weighted by molar-refractivity contribution is -0.138. The van der Waals surface area contributed by atoms with E-state index in [0.717, 1.165) is 22.4 Å². The fraction of sp³-hybridized carbons (Fsp3) is 0.174. The first kappa shape index (κ1) is 18.7. The number of amides is 1. The number of nitrogens with one attached hydrogen (secondary N) is 1.